The van der Waals surface area contributed by atoms with Crippen molar-refractivity contribution in [3.8, 4) is 5.69 Å². The summed E-state index contributed by atoms with van der Waals surface area (Å²) < 4.78 is 46.7. The molecule has 31 heavy (non-hydrogen) atoms. The minimum absolute atomic E-state index is 0.138. The van der Waals surface area contributed by atoms with Crippen LogP contribution in [-0.4, -0.2) is 14.8 Å². The van der Waals surface area contributed by atoms with Gasteiger partial charge in [-0.15, -0.1) is 0 Å². The van der Waals surface area contributed by atoms with E-state index in [-0.39, 0.29) is 34.0 Å². The molecular formula is C22H16Cl2F3N3O. The average Bonchev–Trinajstić information content (AvgIpc) is 3.17. The Kier molecular flexibility index (Phi) is 6.07. The average molecular weight is 466 g/mol. The van der Waals surface area contributed by atoms with E-state index in [2.05, 4.69) is 10.1 Å². The summed E-state index contributed by atoms with van der Waals surface area (Å²) in [5.41, 5.74) is 0.426. The van der Waals surface area contributed by atoms with Crippen LogP contribution in [0.5, 0.6) is 0 Å². The Labute approximate surface area is 186 Å². The Morgan fingerprint density at radius 3 is 2.42 bits per heavy atom. The minimum atomic E-state index is -4.62. The molecule has 1 aliphatic rings. The van der Waals surface area contributed by atoms with Crippen LogP contribution in [0.3, 0.4) is 0 Å². The number of halogens is 5. The summed E-state index contributed by atoms with van der Waals surface area (Å²) in [6.07, 6.45) is 5.26. The molecule has 1 atom stereocenters. The van der Waals surface area contributed by atoms with Crippen molar-refractivity contribution < 1.29 is 17.9 Å². The number of allylic oxidation sites excluding steroid dienone is 3. The summed E-state index contributed by atoms with van der Waals surface area (Å²) in [7, 11) is 0. The van der Waals surface area contributed by atoms with Crippen molar-refractivity contribution in [2.24, 2.45) is 0 Å². The highest BCUT2D eigenvalue weighted by Crippen LogP contribution is 2.34. The lowest BCUT2D eigenvalue weighted by atomic mass is 9.93. The standard InChI is InChI=1S/C22H16Cl2F3N3O/c23-18-2-1-3-19(24)21(18)30-16(12-20(29-30)22(25,26)27)13-31-17-6-4-14(5-7-17)15-8-10-28-11-9-15/h1-4,6-12,14H,5,13H2. The molecule has 0 radical (unpaired) electrons. The van der Waals surface area contributed by atoms with Gasteiger partial charge in [-0.05, 0) is 54.5 Å². The van der Waals surface area contributed by atoms with Gasteiger partial charge in [0.25, 0.3) is 0 Å². The Hall–Kier alpha value is -2.77. The summed E-state index contributed by atoms with van der Waals surface area (Å²) in [5, 5.41) is 4.05. The van der Waals surface area contributed by atoms with E-state index < -0.39 is 11.9 Å². The van der Waals surface area contributed by atoms with E-state index in [1.165, 1.54) is 12.1 Å². The lowest BCUT2D eigenvalue weighted by Crippen LogP contribution is -2.09. The third-order valence-electron chi connectivity index (χ3n) is 4.81. The third-order valence-corrected chi connectivity index (χ3v) is 5.42. The summed E-state index contributed by atoms with van der Waals surface area (Å²) in [6.45, 7) is -0.138. The molecule has 9 heteroatoms. The molecule has 1 unspecified atom stereocenters. The Morgan fingerprint density at radius 1 is 1.10 bits per heavy atom. The fraction of sp³-hybridized carbons (Fsp3) is 0.182. The maximum absolute atomic E-state index is 13.3. The van der Waals surface area contributed by atoms with Crippen molar-refractivity contribution in [2.75, 3.05) is 0 Å². The molecule has 0 bridgehead atoms. The van der Waals surface area contributed by atoms with Crippen LogP contribution < -0.4 is 0 Å². The zero-order valence-electron chi connectivity index (χ0n) is 16.0. The van der Waals surface area contributed by atoms with Crippen molar-refractivity contribution in [1.82, 2.24) is 14.8 Å². The Balaban J connectivity index is 1.56. The molecule has 4 nitrogen and oxygen atoms in total. The van der Waals surface area contributed by atoms with E-state index in [0.29, 0.717) is 12.2 Å². The number of pyridine rings is 1. The van der Waals surface area contributed by atoms with Gasteiger partial charge >= 0.3 is 6.18 Å². The molecule has 0 spiro atoms. The molecule has 0 N–H and O–H groups in total. The quantitative estimate of drug-likeness (QED) is 0.418. The highest BCUT2D eigenvalue weighted by molar-refractivity contribution is 6.37. The first-order chi connectivity index (χ1) is 14.8. The van der Waals surface area contributed by atoms with E-state index in [9.17, 15) is 13.2 Å². The molecule has 2 heterocycles. The van der Waals surface area contributed by atoms with Gasteiger partial charge in [0, 0.05) is 18.3 Å². The van der Waals surface area contributed by atoms with Crippen LogP contribution >= 0.6 is 23.2 Å². The minimum Gasteiger partial charge on any atom is -0.488 e. The predicted octanol–water partition coefficient (Wildman–Crippen LogP) is 6.74. The molecule has 160 valence electrons. The molecule has 3 aromatic rings. The summed E-state index contributed by atoms with van der Waals surface area (Å²) in [4.78, 5) is 4.01. The van der Waals surface area contributed by atoms with Gasteiger partial charge in [-0.1, -0.05) is 35.3 Å². The first kappa shape index (κ1) is 21.5. The van der Waals surface area contributed by atoms with E-state index in [4.69, 9.17) is 27.9 Å². The van der Waals surface area contributed by atoms with Gasteiger partial charge in [0.1, 0.15) is 18.1 Å². The molecule has 0 amide bonds. The number of nitrogens with zero attached hydrogens (tertiary/aromatic N) is 3. The van der Waals surface area contributed by atoms with E-state index in [1.54, 1.807) is 18.5 Å². The number of aromatic nitrogens is 3. The normalized spacial score (nSPS) is 16.3. The fourth-order valence-electron chi connectivity index (χ4n) is 3.27. The molecule has 0 saturated heterocycles. The molecule has 1 aliphatic carbocycles. The predicted molar refractivity (Wildman–Crippen MR) is 112 cm³/mol. The van der Waals surface area contributed by atoms with Crippen LogP contribution in [0.25, 0.3) is 5.69 Å². The number of hydrogen-bond acceptors (Lipinski definition) is 3. The van der Waals surface area contributed by atoms with Crippen LogP contribution in [0.15, 0.2) is 72.8 Å². The largest absolute Gasteiger partial charge is 0.488 e. The maximum atomic E-state index is 13.3. The third kappa shape index (κ3) is 4.78. The van der Waals surface area contributed by atoms with Crippen molar-refractivity contribution in [3.05, 3.63) is 99.8 Å². The van der Waals surface area contributed by atoms with Gasteiger partial charge < -0.3 is 4.74 Å². The van der Waals surface area contributed by atoms with Gasteiger partial charge in [-0.25, -0.2) is 4.68 Å². The molecule has 2 aromatic heterocycles. The number of ether oxygens (including phenoxy) is 1. The monoisotopic (exact) mass is 465 g/mol. The zero-order valence-corrected chi connectivity index (χ0v) is 17.5. The van der Waals surface area contributed by atoms with Crippen molar-refractivity contribution in [1.29, 1.82) is 0 Å². The van der Waals surface area contributed by atoms with Gasteiger partial charge in [-0.3, -0.25) is 4.98 Å². The first-order valence-corrected chi connectivity index (χ1v) is 10.1. The van der Waals surface area contributed by atoms with Gasteiger partial charge in [0.15, 0.2) is 5.69 Å². The number of para-hydroxylation sites is 1. The Bertz CT molecular complexity index is 1120. The molecule has 0 saturated carbocycles. The first-order valence-electron chi connectivity index (χ1n) is 9.34. The van der Waals surface area contributed by atoms with Crippen molar-refractivity contribution in [3.63, 3.8) is 0 Å². The fourth-order valence-corrected chi connectivity index (χ4v) is 3.83. The molecule has 1 aromatic carbocycles. The van der Waals surface area contributed by atoms with Crippen LogP contribution in [0.4, 0.5) is 13.2 Å². The SMILES string of the molecule is FC(F)(F)c1cc(COC2=CCC(c3ccncc3)C=C2)n(-c2c(Cl)cccc2Cl)n1. The van der Waals surface area contributed by atoms with Crippen LogP contribution in [-0.2, 0) is 17.5 Å². The molecule has 0 fully saturated rings. The summed E-state index contributed by atoms with van der Waals surface area (Å²) in [6, 6.07) is 9.50. The van der Waals surface area contributed by atoms with Gasteiger partial charge in [0.05, 0.1) is 15.7 Å². The number of rotatable bonds is 5. The van der Waals surface area contributed by atoms with E-state index in [1.807, 2.05) is 30.4 Å². The number of alkyl halides is 3. The van der Waals surface area contributed by atoms with Crippen LogP contribution in [0.2, 0.25) is 10.0 Å². The van der Waals surface area contributed by atoms with Gasteiger partial charge in [-0.2, -0.15) is 18.3 Å². The molecule has 4 rings (SSSR count). The second kappa shape index (κ2) is 8.77. The smallest absolute Gasteiger partial charge is 0.435 e. The topological polar surface area (TPSA) is 39.9 Å². The number of benzene rings is 1. The summed E-state index contributed by atoms with van der Waals surface area (Å²) >= 11 is 12.4. The van der Waals surface area contributed by atoms with Gasteiger partial charge in [0.2, 0.25) is 0 Å². The summed E-state index contributed by atoms with van der Waals surface area (Å²) in [5.74, 6) is 0.761. The highest BCUT2D eigenvalue weighted by Gasteiger charge is 2.35. The molecular weight excluding hydrogens is 450 g/mol. The Morgan fingerprint density at radius 2 is 1.81 bits per heavy atom. The molecule has 0 aliphatic heterocycles. The zero-order chi connectivity index (χ0) is 22.0. The van der Waals surface area contributed by atoms with E-state index >= 15 is 0 Å². The van der Waals surface area contributed by atoms with E-state index in [0.717, 1.165) is 16.3 Å². The van der Waals surface area contributed by atoms with Crippen LogP contribution in [0.1, 0.15) is 29.3 Å². The van der Waals surface area contributed by atoms with Crippen LogP contribution in [0, 0.1) is 0 Å². The van der Waals surface area contributed by atoms with Crippen molar-refractivity contribution >= 4 is 23.2 Å². The number of hydrogen-bond donors (Lipinski definition) is 0. The second-order valence-corrected chi connectivity index (χ2v) is 7.69. The lowest BCUT2D eigenvalue weighted by Gasteiger charge is -2.17. The second-order valence-electron chi connectivity index (χ2n) is 6.88. The highest BCUT2D eigenvalue weighted by atomic mass is 35.5. The maximum Gasteiger partial charge on any atom is 0.435 e. The van der Waals surface area contributed by atoms with Crippen molar-refractivity contribution in [2.45, 2.75) is 25.1 Å². The lowest BCUT2D eigenvalue weighted by molar-refractivity contribution is -0.141.